The summed E-state index contributed by atoms with van der Waals surface area (Å²) in [6.45, 7) is 2.69. The molecule has 0 unspecified atom stereocenters. The third kappa shape index (κ3) is 4.49. The number of nitrogens with one attached hydrogen (secondary N) is 1. The SMILES string of the molecule is O=C(CN1CCC(c2nc3ccccc3o2)CC1)NCc1ccc(Cl)cc1. The molecule has 1 aromatic heterocycles. The van der Waals surface area contributed by atoms with Gasteiger partial charge in [0, 0.05) is 17.5 Å². The fourth-order valence-electron chi connectivity index (χ4n) is 3.46. The van der Waals surface area contributed by atoms with Crippen LogP contribution in [0.1, 0.15) is 30.2 Å². The van der Waals surface area contributed by atoms with E-state index in [4.69, 9.17) is 16.0 Å². The van der Waals surface area contributed by atoms with Gasteiger partial charge in [0.15, 0.2) is 11.5 Å². The lowest BCUT2D eigenvalue weighted by Gasteiger charge is -2.29. The van der Waals surface area contributed by atoms with Crippen molar-refractivity contribution in [3.8, 4) is 0 Å². The quantitative estimate of drug-likeness (QED) is 0.724. The van der Waals surface area contributed by atoms with E-state index in [1.54, 1.807) is 0 Å². The van der Waals surface area contributed by atoms with Crippen LogP contribution in [0.4, 0.5) is 0 Å². The Kier molecular flexibility index (Phi) is 5.41. The smallest absolute Gasteiger partial charge is 0.234 e. The van der Waals surface area contributed by atoms with Crippen LogP contribution < -0.4 is 5.32 Å². The van der Waals surface area contributed by atoms with Crippen LogP contribution in [0.3, 0.4) is 0 Å². The molecule has 3 aromatic rings. The first-order valence-corrected chi connectivity index (χ1v) is 9.64. The molecule has 1 aliphatic heterocycles. The number of likely N-dealkylation sites (tertiary alicyclic amines) is 1. The van der Waals surface area contributed by atoms with E-state index >= 15 is 0 Å². The number of aromatic nitrogens is 1. The number of piperidine rings is 1. The third-order valence-electron chi connectivity index (χ3n) is 5.02. The molecule has 1 saturated heterocycles. The zero-order chi connectivity index (χ0) is 18.6. The highest BCUT2D eigenvalue weighted by Crippen LogP contribution is 2.29. The monoisotopic (exact) mass is 383 g/mol. The predicted octanol–water partition coefficient (Wildman–Crippen LogP) is 3.98. The molecule has 0 atom stereocenters. The molecule has 1 amide bonds. The minimum Gasteiger partial charge on any atom is -0.440 e. The van der Waals surface area contributed by atoms with Crippen LogP contribution in [0, 0.1) is 0 Å². The summed E-state index contributed by atoms with van der Waals surface area (Å²) in [7, 11) is 0. The lowest BCUT2D eigenvalue weighted by Crippen LogP contribution is -2.41. The number of carbonyl (C=O) groups is 1. The summed E-state index contributed by atoms with van der Waals surface area (Å²) in [5.74, 6) is 1.19. The van der Waals surface area contributed by atoms with E-state index < -0.39 is 0 Å². The van der Waals surface area contributed by atoms with E-state index in [1.807, 2.05) is 48.5 Å². The molecule has 1 aliphatic rings. The van der Waals surface area contributed by atoms with Crippen molar-refractivity contribution < 1.29 is 9.21 Å². The Bertz CT molecular complexity index is 882. The molecule has 0 radical (unpaired) electrons. The Morgan fingerprint density at radius 1 is 1.15 bits per heavy atom. The maximum Gasteiger partial charge on any atom is 0.234 e. The molecule has 6 heteroatoms. The van der Waals surface area contributed by atoms with Crippen LogP contribution in [0.2, 0.25) is 5.02 Å². The van der Waals surface area contributed by atoms with Crippen molar-refractivity contribution in [1.82, 2.24) is 15.2 Å². The number of halogens is 1. The van der Waals surface area contributed by atoms with Crippen LogP contribution in [-0.4, -0.2) is 35.4 Å². The van der Waals surface area contributed by atoms with E-state index in [1.165, 1.54) is 0 Å². The number of hydrogen-bond acceptors (Lipinski definition) is 4. The Morgan fingerprint density at radius 3 is 2.63 bits per heavy atom. The molecule has 0 aliphatic carbocycles. The van der Waals surface area contributed by atoms with Crippen LogP contribution in [0.25, 0.3) is 11.1 Å². The Balaban J connectivity index is 1.25. The molecule has 5 nitrogen and oxygen atoms in total. The molecule has 27 heavy (non-hydrogen) atoms. The summed E-state index contributed by atoms with van der Waals surface area (Å²) >= 11 is 5.88. The van der Waals surface area contributed by atoms with E-state index in [2.05, 4.69) is 15.2 Å². The molecule has 1 N–H and O–H groups in total. The van der Waals surface area contributed by atoms with Crippen LogP contribution in [-0.2, 0) is 11.3 Å². The lowest BCUT2D eigenvalue weighted by atomic mass is 9.97. The number of amides is 1. The van der Waals surface area contributed by atoms with Gasteiger partial charge in [-0.3, -0.25) is 9.69 Å². The van der Waals surface area contributed by atoms with Gasteiger partial charge in [-0.2, -0.15) is 0 Å². The molecule has 1 fully saturated rings. The van der Waals surface area contributed by atoms with E-state index in [0.29, 0.717) is 24.0 Å². The van der Waals surface area contributed by atoms with Crippen molar-refractivity contribution in [2.75, 3.05) is 19.6 Å². The standard InChI is InChI=1S/C21H22ClN3O2/c22-17-7-5-15(6-8-17)13-23-20(26)14-25-11-9-16(10-12-25)21-24-18-3-1-2-4-19(18)27-21/h1-8,16H,9-14H2,(H,23,26). The molecular formula is C21H22ClN3O2. The highest BCUT2D eigenvalue weighted by molar-refractivity contribution is 6.30. The van der Waals surface area contributed by atoms with Crippen LogP contribution in [0.5, 0.6) is 0 Å². The van der Waals surface area contributed by atoms with Crippen LogP contribution in [0.15, 0.2) is 52.9 Å². The zero-order valence-corrected chi connectivity index (χ0v) is 15.8. The second-order valence-electron chi connectivity index (χ2n) is 6.97. The first-order valence-electron chi connectivity index (χ1n) is 9.26. The maximum atomic E-state index is 12.2. The number of oxazole rings is 1. The van der Waals surface area contributed by atoms with Crippen molar-refractivity contribution >= 4 is 28.6 Å². The minimum absolute atomic E-state index is 0.0465. The Labute approximate surface area is 163 Å². The van der Waals surface area contributed by atoms with Gasteiger partial charge in [-0.15, -0.1) is 0 Å². The molecule has 0 saturated carbocycles. The van der Waals surface area contributed by atoms with Gasteiger partial charge in [-0.1, -0.05) is 35.9 Å². The van der Waals surface area contributed by atoms with Crippen molar-refractivity contribution in [2.45, 2.75) is 25.3 Å². The molecular weight excluding hydrogens is 362 g/mol. The van der Waals surface area contributed by atoms with Gasteiger partial charge in [0.1, 0.15) is 5.52 Å². The fourth-order valence-corrected chi connectivity index (χ4v) is 3.59. The number of benzene rings is 2. The highest BCUT2D eigenvalue weighted by Gasteiger charge is 2.25. The molecule has 140 valence electrons. The summed E-state index contributed by atoms with van der Waals surface area (Å²) in [5, 5.41) is 3.67. The number of para-hydroxylation sites is 2. The van der Waals surface area contributed by atoms with Gasteiger partial charge in [-0.05, 0) is 55.8 Å². The van der Waals surface area contributed by atoms with E-state index in [-0.39, 0.29) is 5.91 Å². The largest absolute Gasteiger partial charge is 0.440 e. The normalized spacial score (nSPS) is 15.9. The number of carbonyl (C=O) groups excluding carboxylic acids is 1. The molecule has 4 rings (SSSR count). The summed E-state index contributed by atoms with van der Waals surface area (Å²) < 4.78 is 5.90. The van der Waals surface area contributed by atoms with Gasteiger partial charge in [0.05, 0.1) is 6.54 Å². The van der Waals surface area contributed by atoms with Gasteiger partial charge in [0.25, 0.3) is 0 Å². The molecule has 2 aromatic carbocycles. The number of nitrogens with zero attached hydrogens (tertiary/aromatic N) is 2. The summed E-state index contributed by atoms with van der Waals surface area (Å²) in [6.07, 6.45) is 1.91. The molecule has 2 heterocycles. The minimum atomic E-state index is 0.0465. The molecule has 0 bridgehead atoms. The van der Waals surface area contributed by atoms with Gasteiger partial charge >= 0.3 is 0 Å². The predicted molar refractivity (Wildman–Crippen MR) is 106 cm³/mol. The first kappa shape index (κ1) is 18.0. The fraction of sp³-hybridized carbons (Fsp3) is 0.333. The topological polar surface area (TPSA) is 58.4 Å². The maximum absolute atomic E-state index is 12.2. The summed E-state index contributed by atoms with van der Waals surface area (Å²) in [4.78, 5) is 19.0. The zero-order valence-electron chi connectivity index (χ0n) is 15.0. The van der Waals surface area contributed by atoms with Gasteiger partial charge in [0.2, 0.25) is 5.91 Å². The van der Waals surface area contributed by atoms with Crippen molar-refractivity contribution in [3.05, 3.63) is 65.0 Å². The van der Waals surface area contributed by atoms with Gasteiger partial charge < -0.3 is 9.73 Å². The van der Waals surface area contributed by atoms with Crippen molar-refractivity contribution in [3.63, 3.8) is 0 Å². The number of hydrogen-bond donors (Lipinski definition) is 1. The first-order chi connectivity index (χ1) is 13.2. The van der Waals surface area contributed by atoms with Gasteiger partial charge in [-0.25, -0.2) is 4.98 Å². The van der Waals surface area contributed by atoms with E-state index in [0.717, 1.165) is 48.5 Å². The second kappa shape index (κ2) is 8.11. The highest BCUT2D eigenvalue weighted by atomic mass is 35.5. The van der Waals surface area contributed by atoms with Crippen molar-refractivity contribution in [2.24, 2.45) is 0 Å². The second-order valence-corrected chi connectivity index (χ2v) is 7.41. The summed E-state index contributed by atoms with van der Waals surface area (Å²) in [6, 6.07) is 15.4. The number of rotatable bonds is 5. The summed E-state index contributed by atoms with van der Waals surface area (Å²) in [5.41, 5.74) is 2.80. The average Bonchev–Trinajstić information content (AvgIpc) is 3.12. The average molecular weight is 384 g/mol. The molecule has 0 spiro atoms. The van der Waals surface area contributed by atoms with Crippen LogP contribution >= 0.6 is 11.6 Å². The number of fused-ring (bicyclic) bond motifs is 1. The van der Waals surface area contributed by atoms with E-state index in [9.17, 15) is 4.79 Å². The third-order valence-corrected chi connectivity index (χ3v) is 5.27. The van der Waals surface area contributed by atoms with Crippen molar-refractivity contribution in [1.29, 1.82) is 0 Å². The lowest BCUT2D eigenvalue weighted by molar-refractivity contribution is -0.122. The Morgan fingerprint density at radius 2 is 1.89 bits per heavy atom. The Hall–Kier alpha value is -2.37.